The highest BCUT2D eigenvalue weighted by atomic mass is 79.9. The summed E-state index contributed by atoms with van der Waals surface area (Å²) in [5.74, 6) is 0.659. The van der Waals surface area contributed by atoms with Gasteiger partial charge in [-0.05, 0) is 39.0 Å². The molecule has 0 atom stereocenters. The van der Waals surface area contributed by atoms with Crippen LogP contribution in [-0.2, 0) is 4.74 Å². The van der Waals surface area contributed by atoms with Crippen LogP contribution in [0, 0.1) is 0 Å². The standard InChI is InChI=1S/C20H19BrN2O2/c1-20(2,3)25-19(24)22-18-12-15-11-16(21)9-10-17(15)23(18)13-14-7-5-4-6-8-14/h4-13H,1-3H3/p+1. The molecule has 128 valence electrons. The molecule has 5 heteroatoms. The quantitative estimate of drug-likeness (QED) is 0.717. The minimum absolute atomic E-state index is 0.475. The maximum atomic E-state index is 12.2. The number of nitrogens with zero attached hydrogens (tertiary/aromatic N) is 1. The zero-order valence-electron chi connectivity index (χ0n) is 14.4. The van der Waals surface area contributed by atoms with E-state index < -0.39 is 11.7 Å². The normalized spacial score (nSPS) is 14.9. The molecule has 0 radical (unpaired) electrons. The van der Waals surface area contributed by atoms with E-state index in [2.05, 4.69) is 21.2 Å². The number of carbonyl (C=O) groups excluding carboxylic acids is 1. The van der Waals surface area contributed by atoms with Gasteiger partial charge in [0.25, 0.3) is 5.82 Å². The minimum atomic E-state index is -0.549. The topological polar surface area (TPSA) is 41.3 Å². The Labute approximate surface area is 156 Å². The van der Waals surface area contributed by atoms with E-state index in [0.29, 0.717) is 5.82 Å². The van der Waals surface area contributed by atoms with Crippen LogP contribution in [0.1, 0.15) is 31.9 Å². The third-order valence-electron chi connectivity index (χ3n) is 3.51. The van der Waals surface area contributed by atoms with Gasteiger partial charge < -0.3 is 4.74 Å². The van der Waals surface area contributed by atoms with Crippen molar-refractivity contribution in [2.45, 2.75) is 26.4 Å². The van der Waals surface area contributed by atoms with Crippen molar-refractivity contribution in [3.63, 3.8) is 0 Å². The summed E-state index contributed by atoms with van der Waals surface area (Å²) in [6, 6.07) is 16.0. The lowest BCUT2D eigenvalue weighted by molar-refractivity contribution is -0.377. The van der Waals surface area contributed by atoms with Crippen LogP contribution in [0.4, 0.5) is 10.5 Å². The lowest BCUT2D eigenvalue weighted by Gasteiger charge is -2.17. The Bertz CT molecular complexity index is 865. The molecule has 0 aliphatic carbocycles. The van der Waals surface area contributed by atoms with E-state index in [1.165, 1.54) is 0 Å². The van der Waals surface area contributed by atoms with Gasteiger partial charge in [0.1, 0.15) is 17.5 Å². The number of fused-ring (bicyclic) bond motifs is 1. The van der Waals surface area contributed by atoms with Crippen LogP contribution in [-0.4, -0.2) is 22.5 Å². The summed E-state index contributed by atoms with van der Waals surface area (Å²) < 4.78 is 8.33. The molecule has 2 aromatic rings. The lowest BCUT2D eigenvalue weighted by Crippen LogP contribution is -2.34. The van der Waals surface area contributed by atoms with Crippen molar-refractivity contribution in [3.8, 4) is 0 Å². The summed E-state index contributed by atoms with van der Waals surface area (Å²) >= 11 is 3.49. The van der Waals surface area contributed by atoms with Gasteiger partial charge in [0.05, 0.1) is 0 Å². The first-order valence-corrected chi connectivity index (χ1v) is 8.81. The van der Waals surface area contributed by atoms with Gasteiger partial charge in [0, 0.05) is 21.7 Å². The molecule has 0 aromatic heterocycles. The Balaban J connectivity index is 1.96. The predicted octanol–water partition coefficient (Wildman–Crippen LogP) is 5.05. The third kappa shape index (κ3) is 4.37. The summed E-state index contributed by atoms with van der Waals surface area (Å²) in [6.45, 7) is 5.53. The van der Waals surface area contributed by atoms with Crippen LogP contribution >= 0.6 is 15.9 Å². The Morgan fingerprint density at radius 3 is 2.56 bits per heavy atom. The number of nitrogens with one attached hydrogen (secondary N) is 1. The molecular formula is C20H20BrN2O2+. The summed E-state index contributed by atoms with van der Waals surface area (Å²) in [7, 11) is 0. The molecule has 4 nitrogen and oxygen atoms in total. The van der Waals surface area contributed by atoms with Crippen molar-refractivity contribution in [1.29, 1.82) is 0 Å². The first-order valence-electron chi connectivity index (χ1n) is 8.02. The highest BCUT2D eigenvalue weighted by Crippen LogP contribution is 2.32. The fourth-order valence-electron chi connectivity index (χ4n) is 2.54. The number of hydrogen-bond acceptors (Lipinski definition) is 2. The fraction of sp³-hybridized carbons (Fsp3) is 0.200. The minimum Gasteiger partial charge on any atom is -0.426 e. The van der Waals surface area contributed by atoms with Gasteiger partial charge in [0.2, 0.25) is 0 Å². The molecule has 1 amide bonds. The summed E-state index contributed by atoms with van der Waals surface area (Å²) in [4.78, 5) is 12.2. The number of carbonyl (C=O) groups is 1. The monoisotopic (exact) mass is 399 g/mol. The highest BCUT2D eigenvalue weighted by molar-refractivity contribution is 9.10. The van der Waals surface area contributed by atoms with Crippen LogP contribution in [0.25, 0.3) is 6.08 Å². The molecule has 0 saturated heterocycles. The summed E-state index contributed by atoms with van der Waals surface area (Å²) in [5, 5.41) is 2.85. The molecule has 1 aliphatic rings. The predicted molar refractivity (Wildman–Crippen MR) is 103 cm³/mol. The summed E-state index contributed by atoms with van der Waals surface area (Å²) in [6.07, 6.45) is 3.45. The van der Waals surface area contributed by atoms with E-state index >= 15 is 0 Å². The van der Waals surface area contributed by atoms with Gasteiger partial charge >= 0.3 is 6.09 Å². The molecule has 3 rings (SSSR count). The van der Waals surface area contributed by atoms with Crippen molar-refractivity contribution >= 4 is 40.0 Å². The van der Waals surface area contributed by atoms with Crippen molar-refractivity contribution in [2.24, 2.45) is 0 Å². The molecule has 0 fully saturated rings. The highest BCUT2D eigenvalue weighted by Gasteiger charge is 2.29. The summed E-state index contributed by atoms with van der Waals surface area (Å²) in [5.41, 5.74) is 2.51. The molecular weight excluding hydrogens is 380 g/mol. The number of hydrogen-bond donors (Lipinski definition) is 1. The Morgan fingerprint density at radius 2 is 1.88 bits per heavy atom. The van der Waals surface area contributed by atoms with E-state index in [1.54, 1.807) is 0 Å². The van der Waals surface area contributed by atoms with Crippen molar-refractivity contribution in [1.82, 2.24) is 5.32 Å². The average Bonchev–Trinajstić information content (AvgIpc) is 2.83. The number of benzene rings is 2. The van der Waals surface area contributed by atoms with Crippen LogP contribution in [0.15, 0.2) is 58.8 Å². The molecule has 0 bridgehead atoms. The molecule has 0 unspecified atom stereocenters. The van der Waals surface area contributed by atoms with Crippen LogP contribution in [0.3, 0.4) is 0 Å². The second kappa shape index (κ2) is 6.84. The smallest absolute Gasteiger partial charge is 0.426 e. The first kappa shape index (κ1) is 17.4. The van der Waals surface area contributed by atoms with Crippen LogP contribution < -0.4 is 5.32 Å². The second-order valence-electron chi connectivity index (χ2n) is 6.77. The Kier molecular flexibility index (Phi) is 4.77. The molecule has 1 N–H and O–H groups in total. The van der Waals surface area contributed by atoms with E-state index in [0.717, 1.165) is 21.3 Å². The molecule has 25 heavy (non-hydrogen) atoms. The third-order valence-corrected chi connectivity index (χ3v) is 4.00. The fourth-order valence-corrected chi connectivity index (χ4v) is 2.92. The van der Waals surface area contributed by atoms with Crippen molar-refractivity contribution in [3.05, 3.63) is 70.0 Å². The number of alkyl carbamates (subject to hydrolysis) is 1. The number of ether oxygens (including phenoxy) is 1. The van der Waals surface area contributed by atoms with Gasteiger partial charge in [-0.1, -0.05) is 46.3 Å². The Morgan fingerprint density at radius 1 is 1.16 bits per heavy atom. The SMILES string of the molecule is CC(C)(C)OC(=O)NC1=Cc2cc(Br)ccc2[N+]1=Cc1ccccc1. The van der Waals surface area contributed by atoms with E-state index in [4.69, 9.17) is 4.74 Å². The van der Waals surface area contributed by atoms with E-state index in [9.17, 15) is 4.79 Å². The van der Waals surface area contributed by atoms with Crippen molar-refractivity contribution in [2.75, 3.05) is 0 Å². The van der Waals surface area contributed by atoms with Crippen molar-refractivity contribution < 1.29 is 14.1 Å². The number of rotatable bonds is 2. The molecule has 0 saturated carbocycles. The maximum absolute atomic E-state index is 12.2. The largest absolute Gasteiger partial charge is 0.505 e. The van der Waals surface area contributed by atoms with E-state index in [-0.39, 0.29) is 0 Å². The zero-order valence-corrected chi connectivity index (χ0v) is 16.0. The number of halogens is 1. The maximum Gasteiger partial charge on any atom is 0.505 e. The van der Waals surface area contributed by atoms with Gasteiger partial charge in [-0.3, -0.25) is 0 Å². The molecule has 1 aliphatic heterocycles. The van der Waals surface area contributed by atoms with E-state index in [1.807, 2.05) is 86.2 Å². The number of amides is 1. The van der Waals surface area contributed by atoms with Crippen LogP contribution in [0.2, 0.25) is 0 Å². The lowest BCUT2D eigenvalue weighted by atomic mass is 10.2. The van der Waals surface area contributed by atoms with Gasteiger partial charge in [0.15, 0.2) is 0 Å². The molecule has 1 heterocycles. The van der Waals surface area contributed by atoms with Gasteiger partial charge in [-0.15, -0.1) is 0 Å². The van der Waals surface area contributed by atoms with Gasteiger partial charge in [-0.2, -0.15) is 14.7 Å². The first-order chi connectivity index (χ1) is 11.8. The molecule has 2 aromatic carbocycles. The van der Waals surface area contributed by atoms with Crippen LogP contribution in [0.5, 0.6) is 0 Å². The second-order valence-corrected chi connectivity index (χ2v) is 7.69. The molecule has 0 spiro atoms. The van der Waals surface area contributed by atoms with Gasteiger partial charge in [-0.25, -0.2) is 0 Å². The average molecular weight is 400 g/mol. The Hall–Kier alpha value is -2.40. The zero-order chi connectivity index (χ0) is 18.0.